The van der Waals surface area contributed by atoms with Crippen molar-refractivity contribution in [3.05, 3.63) is 42.7 Å². The largest absolute Gasteiger partial charge is 0.377 e. The zero-order valence-electron chi connectivity index (χ0n) is 14.8. The minimum atomic E-state index is 0.432. The summed E-state index contributed by atoms with van der Waals surface area (Å²) < 4.78 is 7.72. The van der Waals surface area contributed by atoms with Crippen LogP contribution in [0.15, 0.2) is 42.7 Å². The Hall–Kier alpha value is -1.85. The van der Waals surface area contributed by atoms with Gasteiger partial charge in [0.05, 0.1) is 11.8 Å². The molecule has 1 aromatic heterocycles. The minimum Gasteiger partial charge on any atom is -0.377 e. The summed E-state index contributed by atoms with van der Waals surface area (Å²) in [4.78, 5) is 2.49. The maximum atomic E-state index is 5.82. The van der Waals surface area contributed by atoms with E-state index in [4.69, 9.17) is 4.74 Å². The van der Waals surface area contributed by atoms with Crippen LogP contribution in [0.5, 0.6) is 0 Å². The van der Waals surface area contributed by atoms with E-state index in [9.17, 15) is 0 Å². The van der Waals surface area contributed by atoms with Crippen molar-refractivity contribution < 1.29 is 4.74 Å². The van der Waals surface area contributed by atoms with Crippen molar-refractivity contribution in [2.24, 2.45) is 0 Å². The van der Waals surface area contributed by atoms with E-state index in [1.807, 2.05) is 23.1 Å². The van der Waals surface area contributed by atoms with Gasteiger partial charge in [-0.15, -0.1) is 0 Å². The average Bonchev–Trinajstić information content (AvgIpc) is 3.23. The van der Waals surface area contributed by atoms with Crippen LogP contribution in [0.3, 0.4) is 0 Å². The number of nitrogens with one attached hydrogen (secondary N) is 1. The van der Waals surface area contributed by atoms with Gasteiger partial charge in [-0.05, 0) is 62.4 Å². The Bertz CT molecular complexity index is 626. The fraction of sp³-hybridized carbons (Fsp3) is 0.550. The Kier molecular flexibility index (Phi) is 5.33. The number of benzene rings is 1. The predicted octanol–water partition coefficient (Wildman–Crippen LogP) is 3.00. The molecule has 1 N–H and O–H groups in total. The number of ether oxygens (including phenoxy) is 1. The van der Waals surface area contributed by atoms with Crippen LogP contribution in [0.1, 0.15) is 32.1 Å². The monoisotopic (exact) mass is 340 g/mol. The van der Waals surface area contributed by atoms with Crippen LogP contribution in [-0.2, 0) is 4.74 Å². The molecule has 134 valence electrons. The molecule has 1 aromatic carbocycles. The van der Waals surface area contributed by atoms with Gasteiger partial charge in [0, 0.05) is 50.4 Å². The summed E-state index contributed by atoms with van der Waals surface area (Å²) in [6.07, 6.45) is 10.4. The number of nitrogens with zero attached hydrogens (tertiary/aromatic N) is 3. The third-order valence-corrected chi connectivity index (χ3v) is 5.39. The quantitative estimate of drug-likeness (QED) is 0.909. The molecule has 0 spiro atoms. The van der Waals surface area contributed by atoms with Crippen LogP contribution in [0, 0.1) is 0 Å². The van der Waals surface area contributed by atoms with Crippen LogP contribution in [-0.4, -0.2) is 48.2 Å². The van der Waals surface area contributed by atoms with E-state index in [0.717, 1.165) is 31.9 Å². The van der Waals surface area contributed by atoms with Gasteiger partial charge in [0.1, 0.15) is 0 Å². The third-order valence-electron chi connectivity index (χ3n) is 5.39. The number of piperidine rings is 1. The average molecular weight is 340 g/mol. The maximum absolute atomic E-state index is 5.82. The molecule has 0 unspecified atom stereocenters. The first-order chi connectivity index (χ1) is 12.4. The number of aromatic nitrogens is 2. The first-order valence-electron chi connectivity index (χ1n) is 9.58. The highest BCUT2D eigenvalue weighted by Crippen LogP contribution is 2.22. The van der Waals surface area contributed by atoms with E-state index in [2.05, 4.69) is 39.6 Å². The van der Waals surface area contributed by atoms with Gasteiger partial charge >= 0.3 is 0 Å². The lowest BCUT2D eigenvalue weighted by atomic mass is 10.0. The lowest BCUT2D eigenvalue weighted by molar-refractivity contribution is 0.0149. The van der Waals surface area contributed by atoms with Crippen LogP contribution in [0.25, 0.3) is 5.69 Å². The van der Waals surface area contributed by atoms with Crippen molar-refractivity contribution >= 4 is 5.69 Å². The summed E-state index contributed by atoms with van der Waals surface area (Å²) >= 11 is 0. The second-order valence-electron chi connectivity index (χ2n) is 7.13. The van der Waals surface area contributed by atoms with Gasteiger partial charge in [0.2, 0.25) is 0 Å². The molecule has 2 aromatic rings. The van der Waals surface area contributed by atoms with E-state index >= 15 is 0 Å². The van der Waals surface area contributed by atoms with Crippen LogP contribution >= 0.6 is 0 Å². The van der Waals surface area contributed by atoms with Crippen molar-refractivity contribution in [1.82, 2.24) is 15.1 Å². The molecular weight excluding hydrogens is 312 g/mol. The number of hydrogen-bond acceptors (Lipinski definition) is 4. The van der Waals surface area contributed by atoms with Crippen LogP contribution < -0.4 is 10.2 Å². The van der Waals surface area contributed by atoms with Crippen molar-refractivity contribution in [3.8, 4) is 5.69 Å². The third kappa shape index (κ3) is 4.22. The van der Waals surface area contributed by atoms with Gasteiger partial charge in [0.15, 0.2) is 0 Å². The molecule has 5 heteroatoms. The molecule has 0 aliphatic carbocycles. The van der Waals surface area contributed by atoms with Gasteiger partial charge in [-0.2, -0.15) is 5.10 Å². The molecule has 3 heterocycles. The molecule has 2 saturated heterocycles. The van der Waals surface area contributed by atoms with Gasteiger partial charge in [-0.25, -0.2) is 4.68 Å². The number of rotatable bonds is 5. The zero-order chi connectivity index (χ0) is 16.9. The normalized spacial score (nSPS) is 22.2. The molecule has 0 bridgehead atoms. The molecule has 0 saturated carbocycles. The standard InChI is InChI=1S/C20H28N4O/c1-2-15-25-20(4-1)16-21-17-9-13-23(14-10-17)18-5-7-19(8-6-18)24-12-3-11-22-24/h3,5-8,11-12,17,20-21H,1-2,4,9-10,13-16H2/t20-/m1/s1. The lowest BCUT2D eigenvalue weighted by Crippen LogP contribution is -2.45. The molecular formula is C20H28N4O. The van der Waals surface area contributed by atoms with Crippen molar-refractivity contribution in [1.29, 1.82) is 0 Å². The molecule has 5 nitrogen and oxygen atoms in total. The van der Waals surface area contributed by atoms with E-state index in [0.29, 0.717) is 12.1 Å². The number of hydrogen-bond donors (Lipinski definition) is 1. The first kappa shape index (κ1) is 16.6. The van der Waals surface area contributed by atoms with Crippen LogP contribution in [0.4, 0.5) is 5.69 Å². The minimum absolute atomic E-state index is 0.432. The van der Waals surface area contributed by atoms with Crippen molar-refractivity contribution in [2.45, 2.75) is 44.2 Å². The van der Waals surface area contributed by atoms with Gasteiger partial charge < -0.3 is 15.0 Å². The fourth-order valence-corrected chi connectivity index (χ4v) is 3.85. The van der Waals surface area contributed by atoms with Crippen molar-refractivity contribution in [2.75, 3.05) is 31.1 Å². The maximum Gasteiger partial charge on any atom is 0.0699 e. The first-order valence-corrected chi connectivity index (χ1v) is 9.58. The Balaban J connectivity index is 1.25. The summed E-state index contributed by atoms with van der Waals surface area (Å²) in [7, 11) is 0. The van der Waals surface area contributed by atoms with Crippen molar-refractivity contribution in [3.63, 3.8) is 0 Å². The SMILES string of the molecule is c1cnn(-c2ccc(N3CCC(NC[C@H]4CCCCO4)CC3)cc2)c1. The number of anilines is 1. The fourth-order valence-electron chi connectivity index (χ4n) is 3.85. The topological polar surface area (TPSA) is 42.3 Å². The molecule has 1 atom stereocenters. The zero-order valence-corrected chi connectivity index (χ0v) is 14.8. The summed E-state index contributed by atoms with van der Waals surface area (Å²) in [5.41, 5.74) is 2.42. The molecule has 2 fully saturated rings. The molecule has 4 rings (SSSR count). The van der Waals surface area contributed by atoms with E-state index < -0.39 is 0 Å². The van der Waals surface area contributed by atoms with Gasteiger partial charge in [-0.1, -0.05) is 0 Å². The predicted molar refractivity (Wildman–Crippen MR) is 100 cm³/mol. The molecule has 25 heavy (non-hydrogen) atoms. The molecule has 0 amide bonds. The Morgan fingerprint density at radius 1 is 1.04 bits per heavy atom. The summed E-state index contributed by atoms with van der Waals surface area (Å²) in [6, 6.07) is 11.3. The highest BCUT2D eigenvalue weighted by molar-refractivity contribution is 5.51. The Morgan fingerprint density at radius 2 is 1.84 bits per heavy atom. The highest BCUT2D eigenvalue weighted by Gasteiger charge is 2.21. The smallest absolute Gasteiger partial charge is 0.0699 e. The van der Waals surface area contributed by atoms with E-state index in [1.165, 1.54) is 37.8 Å². The Labute approximate surface area is 150 Å². The molecule has 2 aliphatic heterocycles. The van der Waals surface area contributed by atoms with Gasteiger partial charge in [-0.3, -0.25) is 0 Å². The van der Waals surface area contributed by atoms with Crippen LogP contribution in [0.2, 0.25) is 0 Å². The second kappa shape index (κ2) is 8.02. The van der Waals surface area contributed by atoms with E-state index in [1.54, 1.807) is 0 Å². The van der Waals surface area contributed by atoms with E-state index in [-0.39, 0.29) is 0 Å². The summed E-state index contributed by atoms with van der Waals surface area (Å²) in [5, 5.41) is 8.01. The highest BCUT2D eigenvalue weighted by atomic mass is 16.5. The van der Waals surface area contributed by atoms with Gasteiger partial charge in [0.25, 0.3) is 0 Å². The summed E-state index contributed by atoms with van der Waals surface area (Å²) in [5.74, 6) is 0. The second-order valence-corrected chi connectivity index (χ2v) is 7.13. The molecule has 2 aliphatic rings. The Morgan fingerprint density at radius 3 is 2.52 bits per heavy atom. The lowest BCUT2D eigenvalue weighted by Gasteiger charge is -2.35. The summed E-state index contributed by atoms with van der Waals surface area (Å²) in [6.45, 7) is 4.19. The molecule has 0 radical (unpaired) electrons.